The average Bonchev–Trinajstić information content (AvgIpc) is 2.72. The summed E-state index contributed by atoms with van der Waals surface area (Å²) in [4.78, 5) is 14.6. The van der Waals surface area contributed by atoms with Crippen molar-refractivity contribution in [3.63, 3.8) is 0 Å². The summed E-state index contributed by atoms with van der Waals surface area (Å²) < 4.78 is 23.3. The number of amides is 1. The smallest absolute Gasteiger partial charge is 0.219 e. The van der Waals surface area contributed by atoms with Crippen LogP contribution in [0.1, 0.15) is 43.7 Å². The quantitative estimate of drug-likeness (QED) is 0.660. The zero-order valence-corrected chi connectivity index (χ0v) is 20.3. The van der Waals surface area contributed by atoms with Gasteiger partial charge in [-0.1, -0.05) is 35.9 Å². The molecule has 2 aromatic rings. The maximum atomic E-state index is 12.4. The Labute approximate surface area is 196 Å². The molecule has 170 valence electrons. The number of nitrogens with zero attached hydrogens (tertiary/aromatic N) is 1. The van der Waals surface area contributed by atoms with Crippen molar-refractivity contribution in [2.45, 2.75) is 55.5 Å². The maximum Gasteiger partial charge on any atom is 0.219 e. The van der Waals surface area contributed by atoms with Crippen molar-refractivity contribution in [3.8, 4) is 0 Å². The molecule has 0 saturated heterocycles. The van der Waals surface area contributed by atoms with Crippen LogP contribution in [0, 0.1) is 0 Å². The molecular weight excluding hydrogens is 455 g/mol. The Morgan fingerprint density at radius 3 is 2.26 bits per heavy atom. The van der Waals surface area contributed by atoms with Crippen LogP contribution in [0.25, 0.3) is 0 Å². The molecule has 2 aromatic carbocycles. The fraction of sp³-hybridized carbons (Fsp3) is 0.435. The van der Waals surface area contributed by atoms with Gasteiger partial charge >= 0.3 is 0 Å². The molecule has 0 unspecified atom stereocenters. The highest BCUT2D eigenvalue weighted by Gasteiger charge is 2.38. The van der Waals surface area contributed by atoms with Gasteiger partial charge in [-0.2, -0.15) is 0 Å². The molecule has 2 N–H and O–H groups in total. The van der Waals surface area contributed by atoms with Crippen LogP contribution < -0.4 is 5.73 Å². The van der Waals surface area contributed by atoms with Crippen LogP contribution in [0.4, 0.5) is 0 Å². The van der Waals surface area contributed by atoms with E-state index < -0.39 is 9.84 Å². The second-order valence-corrected chi connectivity index (χ2v) is 10.7. The summed E-state index contributed by atoms with van der Waals surface area (Å²) in [6, 6.07) is 14.8. The van der Waals surface area contributed by atoms with Gasteiger partial charge in [0.15, 0.2) is 9.84 Å². The van der Waals surface area contributed by atoms with E-state index >= 15 is 0 Å². The van der Waals surface area contributed by atoms with Crippen LogP contribution >= 0.6 is 24.0 Å². The maximum absolute atomic E-state index is 12.4. The zero-order chi connectivity index (χ0) is 21.9. The first-order chi connectivity index (χ1) is 14.1. The van der Waals surface area contributed by atoms with E-state index in [1.54, 1.807) is 31.2 Å². The van der Waals surface area contributed by atoms with Gasteiger partial charge in [-0.25, -0.2) is 8.42 Å². The van der Waals surface area contributed by atoms with Gasteiger partial charge in [0.25, 0.3) is 0 Å². The molecule has 0 aliphatic heterocycles. The van der Waals surface area contributed by atoms with Crippen LogP contribution in [0.2, 0.25) is 5.02 Å². The Kier molecular flexibility index (Phi) is 8.56. The summed E-state index contributed by atoms with van der Waals surface area (Å²) in [7, 11) is -3.23. The summed E-state index contributed by atoms with van der Waals surface area (Å²) in [6.07, 6.45) is 4.71. The van der Waals surface area contributed by atoms with E-state index in [1.807, 2.05) is 23.1 Å². The van der Waals surface area contributed by atoms with Crippen molar-refractivity contribution in [3.05, 3.63) is 64.7 Å². The molecule has 0 atom stereocenters. The lowest BCUT2D eigenvalue weighted by Crippen LogP contribution is -2.46. The van der Waals surface area contributed by atoms with Crippen LogP contribution in [-0.4, -0.2) is 38.1 Å². The highest BCUT2D eigenvalue weighted by Crippen LogP contribution is 2.41. The second kappa shape index (κ2) is 10.3. The van der Waals surface area contributed by atoms with Crippen LogP contribution in [0.5, 0.6) is 0 Å². The lowest BCUT2D eigenvalue weighted by atomic mass is 9.68. The predicted octanol–water partition coefficient (Wildman–Crippen LogP) is 4.35. The van der Waals surface area contributed by atoms with Gasteiger partial charge in [0, 0.05) is 42.7 Å². The molecule has 3 rings (SSSR count). The van der Waals surface area contributed by atoms with Crippen molar-refractivity contribution in [2.75, 3.05) is 12.8 Å². The van der Waals surface area contributed by atoms with Gasteiger partial charge in [0.1, 0.15) is 0 Å². The average molecular weight is 485 g/mol. The van der Waals surface area contributed by atoms with Crippen molar-refractivity contribution in [1.82, 2.24) is 4.90 Å². The summed E-state index contributed by atoms with van der Waals surface area (Å²) in [5.74, 6) is 0.0233. The fourth-order valence-corrected chi connectivity index (χ4v) is 5.25. The molecule has 1 aliphatic carbocycles. The van der Waals surface area contributed by atoms with Gasteiger partial charge in [-0.3, -0.25) is 4.79 Å². The minimum Gasteiger partial charge on any atom is -0.336 e. The van der Waals surface area contributed by atoms with Gasteiger partial charge < -0.3 is 10.6 Å². The van der Waals surface area contributed by atoms with Gasteiger partial charge in [0.05, 0.1) is 4.90 Å². The number of benzene rings is 2. The van der Waals surface area contributed by atoms with Gasteiger partial charge in [-0.05, 0) is 61.1 Å². The summed E-state index contributed by atoms with van der Waals surface area (Å²) in [5.41, 5.74) is 8.18. The van der Waals surface area contributed by atoms with Crippen molar-refractivity contribution in [1.29, 1.82) is 0 Å². The van der Waals surface area contributed by atoms with Crippen molar-refractivity contribution in [2.24, 2.45) is 5.73 Å². The normalized spacial score (nSPS) is 21.2. The summed E-state index contributed by atoms with van der Waals surface area (Å²) in [5, 5.41) is 0.713. The van der Waals surface area contributed by atoms with Crippen molar-refractivity contribution < 1.29 is 13.2 Å². The van der Waals surface area contributed by atoms with E-state index in [1.165, 1.54) is 11.8 Å². The Morgan fingerprint density at radius 1 is 1.16 bits per heavy atom. The number of hydrogen-bond donors (Lipinski definition) is 1. The molecule has 8 heteroatoms. The molecule has 1 aliphatic rings. The van der Waals surface area contributed by atoms with Crippen LogP contribution in [0.3, 0.4) is 0 Å². The molecule has 1 saturated carbocycles. The lowest BCUT2D eigenvalue weighted by Gasteiger charge is -2.43. The fourth-order valence-electron chi connectivity index (χ4n) is 4.43. The minimum absolute atomic E-state index is 0. The SMILES string of the molecule is CC(=O)N(Cc1ccc(S(C)(=O)=O)cc1)[C@H]1CC[C@@](CN)(c2cccc(Cl)c2)CC1.Cl. The molecule has 5 nitrogen and oxygen atoms in total. The Morgan fingerprint density at radius 2 is 1.77 bits per heavy atom. The first-order valence-electron chi connectivity index (χ1n) is 10.2. The molecule has 31 heavy (non-hydrogen) atoms. The highest BCUT2D eigenvalue weighted by atomic mass is 35.5. The Bertz CT molecular complexity index is 1000. The zero-order valence-electron chi connectivity index (χ0n) is 17.9. The minimum atomic E-state index is -3.23. The predicted molar refractivity (Wildman–Crippen MR) is 127 cm³/mol. The molecule has 1 amide bonds. The molecular formula is C23H30Cl2N2O3S. The number of hydrogen-bond acceptors (Lipinski definition) is 4. The summed E-state index contributed by atoms with van der Waals surface area (Å²) >= 11 is 6.20. The Balaban J connectivity index is 0.00000341. The third kappa shape index (κ3) is 6.01. The number of carbonyl (C=O) groups is 1. The molecule has 0 heterocycles. The lowest BCUT2D eigenvalue weighted by molar-refractivity contribution is -0.132. The van der Waals surface area contributed by atoms with E-state index in [-0.39, 0.29) is 34.7 Å². The number of halogens is 2. The van der Waals surface area contributed by atoms with E-state index in [0.717, 1.165) is 31.2 Å². The van der Waals surface area contributed by atoms with Crippen LogP contribution in [-0.2, 0) is 26.6 Å². The molecule has 1 fully saturated rings. The monoisotopic (exact) mass is 484 g/mol. The summed E-state index contributed by atoms with van der Waals surface area (Å²) in [6.45, 7) is 2.61. The van der Waals surface area contributed by atoms with E-state index in [4.69, 9.17) is 17.3 Å². The number of carbonyl (C=O) groups excluding carboxylic acids is 1. The molecule has 0 spiro atoms. The second-order valence-electron chi connectivity index (χ2n) is 8.29. The molecule has 0 radical (unpaired) electrons. The molecule has 0 bridgehead atoms. The Hall–Kier alpha value is -1.60. The van der Waals surface area contributed by atoms with E-state index in [2.05, 4.69) is 6.07 Å². The number of nitrogens with two attached hydrogens (primary N) is 1. The number of sulfone groups is 1. The highest BCUT2D eigenvalue weighted by molar-refractivity contribution is 7.90. The first-order valence-corrected chi connectivity index (χ1v) is 12.4. The van der Waals surface area contributed by atoms with Gasteiger partial charge in [-0.15, -0.1) is 12.4 Å². The van der Waals surface area contributed by atoms with Crippen molar-refractivity contribution >= 4 is 39.8 Å². The first kappa shape index (κ1) is 25.7. The topological polar surface area (TPSA) is 80.5 Å². The molecule has 0 aromatic heterocycles. The largest absolute Gasteiger partial charge is 0.336 e. The third-order valence-corrected chi connectivity index (χ3v) is 7.65. The van der Waals surface area contributed by atoms with E-state index in [9.17, 15) is 13.2 Å². The standard InChI is InChI=1S/C23H29ClN2O3S.ClH/c1-17(27)26(15-18-6-8-22(9-7-18)30(2,28)29)21-10-12-23(16-25,13-11-21)19-4-3-5-20(24)14-19;/h3-9,14,21H,10-13,15-16,25H2,1-2H3;1H/t21-,23+;. The van der Waals surface area contributed by atoms with E-state index in [0.29, 0.717) is 18.1 Å². The van der Waals surface area contributed by atoms with Gasteiger partial charge in [0.2, 0.25) is 5.91 Å². The third-order valence-electron chi connectivity index (χ3n) is 6.29. The number of rotatable bonds is 6. The van der Waals surface area contributed by atoms with Crippen LogP contribution in [0.15, 0.2) is 53.4 Å².